The highest BCUT2D eigenvalue weighted by Gasteiger charge is 2.20. The van der Waals surface area contributed by atoms with Crippen LogP contribution in [0.5, 0.6) is 11.5 Å². The second-order valence-corrected chi connectivity index (χ2v) is 14.3. The molecule has 2 aromatic carbocycles. The van der Waals surface area contributed by atoms with Gasteiger partial charge in [0, 0.05) is 29.7 Å². The fourth-order valence-electron chi connectivity index (χ4n) is 4.49. The summed E-state index contributed by atoms with van der Waals surface area (Å²) in [6.07, 6.45) is 5.23. The number of phenols is 2. The van der Waals surface area contributed by atoms with Crippen molar-refractivity contribution in [2.45, 2.75) is 64.7 Å². The van der Waals surface area contributed by atoms with Crippen LogP contribution in [0, 0.1) is 0 Å². The minimum absolute atomic E-state index is 0.00981. The number of unbranched alkanes of at least 4 members (excludes halogenated alkanes) is 2. The second kappa shape index (κ2) is 9.75. The molecular formula is C26H34N4O4Si. The Morgan fingerprint density at radius 2 is 1.80 bits per heavy atom. The van der Waals surface area contributed by atoms with Crippen molar-refractivity contribution in [2.75, 3.05) is 0 Å². The van der Waals surface area contributed by atoms with Crippen LogP contribution in [-0.2, 0) is 6.54 Å². The normalized spacial score (nSPS) is 12.2. The molecule has 8 nitrogen and oxygen atoms in total. The Morgan fingerprint density at radius 3 is 2.51 bits per heavy atom. The van der Waals surface area contributed by atoms with Crippen LogP contribution < -0.4 is 5.69 Å². The third kappa shape index (κ3) is 5.36. The van der Waals surface area contributed by atoms with Crippen LogP contribution in [0.2, 0.25) is 19.1 Å². The Morgan fingerprint density at radius 1 is 1.03 bits per heavy atom. The lowest BCUT2D eigenvalue weighted by atomic mass is 9.98. The molecule has 0 fully saturated rings. The van der Waals surface area contributed by atoms with E-state index in [1.54, 1.807) is 6.07 Å². The first-order valence-corrected chi connectivity index (χ1v) is 15.3. The number of aryl methyl sites for hydroxylation is 1. The lowest BCUT2D eigenvalue weighted by Gasteiger charge is -2.14. The van der Waals surface area contributed by atoms with E-state index in [4.69, 9.17) is 0 Å². The summed E-state index contributed by atoms with van der Waals surface area (Å²) in [6.45, 7) is 8.75. The molecule has 2 heterocycles. The quantitative estimate of drug-likeness (QED) is 0.191. The number of hydrogen-bond donors (Lipinski definition) is 4. The van der Waals surface area contributed by atoms with Crippen LogP contribution in [0.3, 0.4) is 0 Å². The van der Waals surface area contributed by atoms with Crippen molar-refractivity contribution < 1.29 is 15.0 Å². The predicted molar refractivity (Wildman–Crippen MR) is 141 cm³/mol. The molecule has 186 valence electrons. The van der Waals surface area contributed by atoms with Crippen LogP contribution >= 0.6 is 0 Å². The highest BCUT2D eigenvalue weighted by atomic mass is 28.4. The van der Waals surface area contributed by atoms with Crippen LogP contribution in [-0.4, -0.2) is 42.7 Å². The molecule has 0 radical (unpaired) electrons. The molecule has 0 atom stereocenters. The number of nitrogens with zero attached hydrogens (tertiary/aromatic N) is 3. The zero-order chi connectivity index (χ0) is 25.3. The minimum atomic E-state index is -1.97. The lowest BCUT2D eigenvalue weighted by molar-refractivity contribution is 0.444. The first-order chi connectivity index (χ1) is 16.5. The Bertz CT molecular complexity index is 1390. The maximum atomic E-state index is 12.7. The standard InChI is InChI=1S/C26H34N4O4Si/c1-17(2)20-15-21(24(32)16-23(20)31)25-27-28-26(33)30(25)19-8-9-22-18(14-19)10-12-29(22)11-6-5-7-13-35(3,4)34/h8-10,12,14-17,31-32,34H,5-7,11,13H2,1-4H3,(H,28,33). The molecule has 2 aromatic heterocycles. The van der Waals surface area contributed by atoms with Gasteiger partial charge < -0.3 is 19.6 Å². The van der Waals surface area contributed by atoms with Crippen LogP contribution in [0.15, 0.2) is 47.4 Å². The number of nitrogens with one attached hydrogen (secondary N) is 1. The van der Waals surface area contributed by atoms with Crippen molar-refractivity contribution in [2.24, 2.45) is 0 Å². The van der Waals surface area contributed by atoms with Gasteiger partial charge in [-0.25, -0.2) is 14.5 Å². The van der Waals surface area contributed by atoms with E-state index in [1.807, 2.05) is 51.2 Å². The highest BCUT2D eigenvalue weighted by Crippen LogP contribution is 2.37. The first kappa shape index (κ1) is 24.8. The zero-order valence-corrected chi connectivity index (χ0v) is 21.7. The third-order valence-corrected chi connectivity index (χ3v) is 7.96. The van der Waals surface area contributed by atoms with Crippen LogP contribution in [0.25, 0.3) is 28.0 Å². The smallest absolute Gasteiger partial charge is 0.348 e. The van der Waals surface area contributed by atoms with Gasteiger partial charge in [-0.3, -0.25) is 0 Å². The van der Waals surface area contributed by atoms with E-state index in [0.29, 0.717) is 16.8 Å². The summed E-state index contributed by atoms with van der Waals surface area (Å²) in [5, 5.41) is 28.4. The number of hydrogen-bond acceptors (Lipinski definition) is 5. The summed E-state index contributed by atoms with van der Waals surface area (Å²) in [6, 6.07) is 11.7. The van der Waals surface area contributed by atoms with Gasteiger partial charge in [0.2, 0.25) is 0 Å². The number of fused-ring (bicyclic) bond motifs is 1. The van der Waals surface area contributed by atoms with Gasteiger partial charge >= 0.3 is 5.69 Å². The lowest BCUT2D eigenvalue weighted by Crippen LogP contribution is -2.24. The van der Waals surface area contributed by atoms with E-state index in [9.17, 15) is 19.8 Å². The fraction of sp³-hybridized carbons (Fsp3) is 0.385. The van der Waals surface area contributed by atoms with Crippen molar-refractivity contribution >= 4 is 19.2 Å². The predicted octanol–water partition coefficient (Wildman–Crippen LogP) is 5.08. The number of aromatic hydroxyl groups is 2. The zero-order valence-electron chi connectivity index (χ0n) is 20.7. The summed E-state index contributed by atoms with van der Waals surface area (Å²) in [7, 11) is -1.97. The van der Waals surface area contributed by atoms with Gasteiger partial charge in [-0.1, -0.05) is 26.7 Å². The van der Waals surface area contributed by atoms with Crippen molar-refractivity contribution in [1.29, 1.82) is 0 Å². The SMILES string of the molecule is CC(C)c1cc(-c2n[nH]c(=O)n2-c2ccc3c(ccn3CCCCC[Si](C)(C)O)c2)c(O)cc1O. The van der Waals surface area contributed by atoms with Crippen molar-refractivity contribution in [3.8, 4) is 28.6 Å². The maximum absolute atomic E-state index is 12.7. The van der Waals surface area contributed by atoms with E-state index < -0.39 is 14.0 Å². The van der Waals surface area contributed by atoms with Crippen molar-refractivity contribution in [3.63, 3.8) is 0 Å². The van der Waals surface area contributed by atoms with E-state index in [1.165, 1.54) is 10.6 Å². The molecule has 35 heavy (non-hydrogen) atoms. The first-order valence-electron chi connectivity index (χ1n) is 12.1. The fourth-order valence-corrected chi connectivity index (χ4v) is 5.61. The molecule has 0 aliphatic carbocycles. The van der Waals surface area contributed by atoms with Gasteiger partial charge in [-0.2, -0.15) is 5.10 Å². The van der Waals surface area contributed by atoms with Crippen LogP contribution in [0.4, 0.5) is 0 Å². The minimum Gasteiger partial charge on any atom is -0.508 e. The summed E-state index contributed by atoms with van der Waals surface area (Å²) >= 11 is 0. The van der Waals surface area contributed by atoms with Gasteiger partial charge in [-0.05, 0) is 67.4 Å². The molecule has 4 N–H and O–H groups in total. The third-order valence-electron chi connectivity index (χ3n) is 6.38. The average Bonchev–Trinajstić information content (AvgIpc) is 3.35. The molecule has 0 bridgehead atoms. The molecule has 0 unspecified atom stereocenters. The van der Waals surface area contributed by atoms with Crippen molar-refractivity contribution in [3.05, 3.63) is 58.6 Å². The molecule has 0 aliphatic heterocycles. The summed E-state index contributed by atoms with van der Waals surface area (Å²) in [5.74, 6) is 0.174. The monoisotopic (exact) mass is 494 g/mol. The number of phenolic OH excluding ortho intramolecular Hbond substituents is 2. The summed E-state index contributed by atoms with van der Waals surface area (Å²) < 4.78 is 3.65. The van der Waals surface area contributed by atoms with Crippen LogP contribution in [0.1, 0.15) is 44.6 Å². The summed E-state index contributed by atoms with van der Waals surface area (Å²) in [4.78, 5) is 22.7. The number of H-pyrrole nitrogens is 1. The molecule has 0 amide bonds. The highest BCUT2D eigenvalue weighted by molar-refractivity contribution is 6.69. The molecule has 4 aromatic rings. The molecule has 0 saturated heterocycles. The molecule has 0 spiro atoms. The largest absolute Gasteiger partial charge is 0.508 e. The average molecular weight is 495 g/mol. The topological polar surface area (TPSA) is 116 Å². The Kier molecular flexibility index (Phi) is 6.91. The number of aromatic amines is 1. The molecule has 0 aliphatic rings. The Labute approximate surface area is 205 Å². The van der Waals surface area contributed by atoms with Gasteiger partial charge in [0.25, 0.3) is 0 Å². The molecular weight excluding hydrogens is 460 g/mol. The Hall–Kier alpha value is -3.30. The molecule has 0 saturated carbocycles. The van der Waals surface area contributed by atoms with Gasteiger partial charge in [-0.15, -0.1) is 0 Å². The number of rotatable bonds is 9. The van der Waals surface area contributed by atoms with Gasteiger partial charge in [0.05, 0.1) is 11.3 Å². The van der Waals surface area contributed by atoms with E-state index in [-0.39, 0.29) is 23.2 Å². The van der Waals surface area contributed by atoms with E-state index >= 15 is 0 Å². The molecule has 9 heteroatoms. The van der Waals surface area contributed by atoms with E-state index in [0.717, 1.165) is 42.8 Å². The van der Waals surface area contributed by atoms with Gasteiger partial charge in [0.15, 0.2) is 14.1 Å². The van der Waals surface area contributed by atoms with Gasteiger partial charge in [0.1, 0.15) is 11.5 Å². The molecule has 4 rings (SSSR count). The second-order valence-electron chi connectivity index (χ2n) is 10.1. The maximum Gasteiger partial charge on any atom is 0.348 e. The Balaban J connectivity index is 1.62. The van der Waals surface area contributed by atoms with Crippen molar-refractivity contribution in [1.82, 2.24) is 19.3 Å². The van der Waals surface area contributed by atoms with E-state index in [2.05, 4.69) is 21.0 Å². The summed E-state index contributed by atoms with van der Waals surface area (Å²) in [5.41, 5.74) is 2.34. The number of benzene rings is 2. The number of aromatic nitrogens is 4.